The number of halogens is 1. The molecule has 0 radical (unpaired) electrons. The van der Waals surface area contributed by atoms with Gasteiger partial charge in [0.2, 0.25) is 0 Å². The molecule has 0 aliphatic carbocycles. The van der Waals surface area contributed by atoms with Crippen LogP contribution in [0.2, 0.25) is 0 Å². The molecule has 3 heteroatoms. The van der Waals surface area contributed by atoms with Crippen LogP contribution in [0.15, 0.2) is 24.3 Å². The molecule has 0 saturated carbocycles. The molecule has 2 nitrogen and oxygen atoms in total. The number of hydrazine groups is 1. The van der Waals surface area contributed by atoms with Gasteiger partial charge < -0.3 is 0 Å². The largest absolute Gasteiger partial charge is 0.271 e. The SMILES string of the molecule is CC(CC(Cc1cccc(F)c1)NN)CC(C)(C)C. The zero-order valence-electron chi connectivity index (χ0n) is 12.5. The summed E-state index contributed by atoms with van der Waals surface area (Å²) in [6.45, 7) is 9.00. The number of nitrogens with two attached hydrogens (primary N) is 1. The third-order valence-corrected chi connectivity index (χ3v) is 3.25. The Bertz CT molecular complexity index is 385. The van der Waals surface area contributed by atoms with E-state index in [9.17, 15) is 4.39 Å². The summed E-state index contributed by atoms with van der Waals surface area (Å²) in [7, 11) is 0. The minimum absolute atomic E-state index is 0.184. The highest BCUT2D eigenvalue weighted by molar-refractivity contribution is 5.17. The predicted octanol–water partition coefficient (Wildman–Crippen LogP) is 3.66. The zero-order chi connectivity index (χ0) is 14.5. The summed E-state index contributed by atoms with van der Waals surface area (Å²) in [5, 5.41) is 0. The Balaban J connectivity index is 2.54. The molecule has 3 N–H and O–H groups in total. The van der Waals surface area contributed by atoms with Crippen LogP contribution < -0.4 is 11.3 Å². The minimum atomic E-state index is -0.184. The first-order valence-corrected chi connectivity index (χ1v) is 7.01. The van der Waals surface area contributed by atoms with Crippen molar-refractivity contribution >= 4 is 0 Å². The summed E-state index contributed by atoms with van der Waals surface area (Å²) in [6.07, 6.45) is 2.93. The van der Waals surface area contributed by atoms with E-state index in [2.05, 4.69) is 33.1 Å². The van der Waals surface area contributed by atoms with E-state index in [1.165, 1.54) is 6.07 Å². The van der Waals surface area contributed by atoms with Crippen molar-refractivity contribution in [2.45, 2.75) is 53.0 Å². The van der Waals surface area contributed by atoms with E-state index >= 15 is 0 Å². The first kappa shape index (κ1) is 16.1. The number of nitrogens with one attached hydrogen (secondary N) is 1. The Morgan fingerprint density at radius 3 is 2.53 bits per heavy atom. The first-order valence-electron chi connectivity index (χ1n) is 7.01. The Hall–Kier alpha value is -0.930. The van der Waals surface area contributed by atoms with E-state index < -0.39 is 0 Å². The van der Waals surface area contributed by atoms with E-state index in [1.54, 1.807) is 12.1 Å². The normalized spacial score (nSPS) is 15.3. The van der Waals surface area contributed by atoms with E-state index in [1.807, 2.05) is 6.07 Å². The van der Waals surface area contributed by atoms with Crippen molar-refractivity contribution in [2.24, 2.45) is 17.2 Å². The maximum Gasteiger partial charge on any atom is 0.123 e. The van der Waals surface area contributed by atoms with Gasteiger partial charge in [-0.05, 0) is 48.3 Å². The lowest BCUT2D eigenvalue weighted by atomic mass is 9.82. The number of benzene rings is 1. The highest BCUT2D eigenvalue weighted by Crippen LogP contribution is 2.27. The van der Waals surface area contributed by atoms with Crippen LogP contribution in [0, 0.1) is 17.2 Å². The maximum absolute atomic E-state index is 13.2. The molecule has 2 unspecified atom stereocenters. The predicted molar refractivity (Wildman–Crippen MR) is 79.1 cm³/mol. The average Bonchev–Trinajstić information content (AvgIpc) is 2.25. The fraction of sp³-hybridized carbons (Fsp3) is 0.625. The molecular weight excluding hydrogens is 239 g/mol. The third-order valence-electron chi connectivity index (χ3n) is 3.25. The van der Waals surface area contributed by atoms with Crippen LogP contribution in [0.5, 0.6) is 0 Å². The van der Waals surface area contributed by atoms with E-state index in [0.717, 1.165) is 24.8 Å². The van der Waals surface area contributed by atoms with Crippen molar-refractivity contribution in [2.75, 3.05) is 0 Å². The molecule has 0 aliphatic heterocycles. The standard InChI is InChI=1S/C16H27FN2/c1-12(11-16(2,3)4)8-15(19-18)10-13-6-5-7-14(17)9-13/h5-7,9,12,15,19H,8,10-11,18H2,1-4H3. The molecule has 1 aromatic carbocycles. The minimum Gasteiger partial charge on any atom is -0.271 e. The molecule has 2 atom stereocenters. The second-order valence-corrected chi connectivity index (χ2v) is 6.80. The zero-order valence-corrected chi connectivity index (χ0v) is 12.5. The highest BCUT2D eigenvalue weighted by Gasteiger charge is 2.19. The molecule has 1 rings (SSSR count). The monoisotopic (exact) mass is 266 g/mol. The van der Waals surface area contributed by atoms with Crippen LogP contribution in [-0.4, -0.2) is 6.04 Å². The van der Waals surface area contributed by atoms with Gasteiger partial charge in [0.05, 0.1) is 0 Å². The van der Waals surface area contributed by atoms with Gasteiger partial charge in [0.15, 0.2) is 0 Å². The highest BCUT2D eigenvalue weighted by atomic mass is 19.1. The second-order valence-electron chi connectivity index (χ2n) is 6.80. The molecule has 0 amide bonds. The van der Waals surface area contributed by atoms with Gasteiger partial charge in [-0.15, -0.1) is 0 Å². The summed E-state index contributed by atoms with van der Waals surface area (Å²) < 4.78 is 13.2. The van der Waals surface area contributed by atoms with Gasteiger partial charge in [0.1, 0.15) is 5.82 Å². The lowest BCUT2D eigenvalue weighted by Crippen LogP contribution is -2.38. The Morgan fingerprint density at radius 2 is 2.00 bits per heavy atom. The van der Waals surface area contributed by atoms with Gasteiger partial charge in [0.25, 0.3) is 0 Å². The van der Waals surface area contributed by atoms with Gasteiger partial charge in [-0.2, -0.15) is 0 Å². The van der Waals surface area contributed by atoms with E-state index in [4.69, 9.17) is 5.84 Å². The number of hydrogen-bond acceptors (Lipinski definition) is 2. The van der Waals surface area contributed by atoms with Gasteiger partial charge in [-0.3, -0.25) is 11.3 Å². The van der Waals surface area contributed by atoms with Crippen LogP contribution in [-0.2, 0) is 6.42 Å². The van der Waals surface area contributed by atoms with Gasteiger partial charge in [-0.1, -0.05) is 39.8 Å². The summed E-state index contributed by atoms with van der Waals surface area (Å²) in [6, 6.07) is 6.94. The average molecular weight is 266 g/mol. The van der Waals surface area contributed by atoms with Crippen molar-refractivity contribution in [3.8, 4) is 0 Å². The molecule has 0 aliphatic rings. The number of hydrogen-bond donors (Lipinski definition) is 2. The number of rotatable bonds is 6. The Morgan fingerprint density at radius 1 is 1.32 bits per heavy atom. The van der Waals surface area contributed by atoms with Gasteiger partial charge >= 0.3 is 0 Å². The molecule has 0 bridgehead atoms. The topological polar surface area (TPSA) is 38.0 Å². The molecule has 0 fully saturated rings. The smallest absolute Gasteiger partial charge is 0.123 e. The maximum atomic E-state index is 13.2. The second kappa shape index (κ2) is 7.01. The summed E-state index contributed by atoms with van der Waals surface area (Å²) in [4.78, 5) is 0. The van der Waals surface area contributed by atoms with Crippen molar-refractivity contribution in [3.05, 3.63) is 35.6 Å². The van der Waals surface area contributed by atoms with Crippen molar-refractivity contribution in [3.63, 3.8) is 0 Å². The van der Waals surface area contributed by atoms with Crippen LogP contribution in [0.25, 0.3) is 0 Å². The van der Waals surface area contributed by atoms with Crippen LogP contribution >= 0.6 is 0 Å². The fourth-order valence-corrected chi connectivity index (χ4v) is 2.77. The Kier molecular flexibility index (Phi) is 5.95. The quantitative estimate of drug-likeness (QED) is 0.609. The van der Waals surface area contributed by atoms with Crippen molar-refractivity contribution in [1.82, 2.24) is 5.43 Å². The summed E-state index contributed by atoms with van der Waals surface area (Å²) in [5.41, 5.74) is 4.19. The lowest BCUT2D eigenvalue weighted by molar-refractivity contribution is 0.274. The molecule has 0 heterocycles. The molecular formula is C16H27FN2. The van der Waals surface area contributed by atoms with E-state index in [0.29, 0.717) is 11.3 Å². The molecule has 0 spiro atoms. The third kappa shape index (κ3) is 6.69. The van der Waals surface area contributed by atoms with Gasteiger partial charge in [0, 0.05) is 6.04 Å². The Labute approximate surface area is 116 Å². The van der Waals surface area contributed by atoms with Crippen molar-refractivity contribution < 1.29 is 4.39 Å². The lowest BCUT2D eigenvalue weighted by Gasteiger charge is -2.26. The first-order chi connectivity index (χ1) is 8.80. The molecule has 0 saturated heterocycles. The fourth-order valence-electron chi connectivity index (χ4n) is 2.77. The van der Waals surface area contributed by atoms with Crippen LogP contribution in [0.3, 0.4) is 0 Å². The van der Waals surface area contributed by atoms with Crippen molar-refractivity contribution in [1.29, 1.82) is 0 Å². The summed E-state index contributed by atoms with van der Waals surface area (Å²) in [5.74, 6) is 6.03. The van der Waals surface area contributed by atoms with Gasteiger partial charge in [-0.25, -0.2) is 4.39 Å². The van der Waals surface area contributed by atoms with Crippen LogP contribution in [0.4, 0.5) is 4.39 Å². The molecule has 1 aromatic rings. The molecule has 19 heavy (non-hydrogen) atoms. The molecule has 108 valence electrons. The van der Waals surface area contributed by atoms with Crippen LogP contribution in [0.1, 0.15) is 46.1 Å². The summed E-state index contributed by atoms with van der Waals surface area (Å²) >= 11 is 0. The van der Waals surface area contributed by atoms with E-state index in [-0.39, 0.29) is 11.9 Å². The molecule has 0 aromatic heterocycles.